The van der Waals surface area contributed by atoms with Gasteiger partial charge >= 0.3 is 5.97 Å². The van der Waals surface area contributed by atoms with Gasteiger partial charge in [-0.15, -0.1) is 5.10 Å². The van der Waals surface area contributed by atoms with Crippen LogP contribution in [0.5, 0.6) is 0 Å². The molecule has 2 aromatic rings. The molecule has 0 bridgehead atoms. The van der Waals surface area contributed by atoms with Crippen LogP contribution < -0.4 is 5.56 Å². The number of aromatic carboxylic acids is 1. The molecule has 0 aliphatic heterocycles. The van der Waals surface area contributed by atoms with Gasteiger partial charge in [-0.25, -0.2) is 4.79 Å². The standard InChI is InChI=1S/C9H7N3O4S/c13-7-3-10-12-9(11-7)17-4-5-1-2-6(16-5)8(14)15/h1-3H,4H2,(H,14,15)(H,11,12,13). The van der Waals surface area contributed by atoms with Crippen molar-refractivity contribution in [1.29, 1.82) is 0 Å². The van der Waals surface area contributed by atoms with Crippen molar-refractivity contribution in [3.8, 4) is 0 Å². The van der Waals surface area contributed by atoms with Gasteiger partial charge in [-0.3, -0.25) is 9.78 Å². The van der Waals surface area contributed by atoms with Gasteiger partial charge in [0.1, 0.15) is 12.0 Å². The van der Waals surface area contributed by atoms with Gasteiger partial charge in [0.25, 0.3) is 5.56 Å². The zero-order valence-corrected chi connectivity index (χ0v) is 9.23. The maximum absolute atomic E-state index is 10.9. The van der Waals surface area contributed by atoms with E-state index in [2.05, 4.69) is 15.2 Å². The Kier molecular flexibility index (Phi) is 3.24. The summed E-state index contributed by atoms with van der Waals surface area (Å²) >= 11 is 1.20. The number of carboxylic acid groups (broad SMARTS) is 1. The highest BCUT2D eigenvalue weighted by Gasteiger charge is 2.09. The molecular weight excluding hydrogens is 246 g/mol. The lowest BCUT2D eigenvalue weighted by atomic mass is 10.4. The topological polar surface area (TPSA) is 109 Å². The number of hydrogen-bond donors (Lipinski definition) is 2. The Hall–Kier alpha value is -2.09. The monoisotopic (exact) mass is 253 g/mol. The summed E-state index contributed by atoms with van der Waals surface area (Å²) < 4.78 is 5.04. The highest BCUT2D eigenvalue weighted by molar-refractivity contribution is 7.98. The summed E-state index contributed by atoms with van der Waals surface area (Å²) in [6.45, 7) is 0. The number of thioether (sulfide) groups is 1. The van der Waals surface area contributed by atoms with Gasteiger partial charge in [-0.1, -0.05) is 11.8 Å². The van der Waals surface area contributed by atoms with E-state index in [-0.39, 0.29) is 11.3 Å². The third kappa shape index (κ3) is 2.94. The van der Waals surface area contributed by atoms with Gasteiger partial charge in [-0.05, 0) is 12.1 Å². The van der Waals surface area contributed by atoms with Gasteiger partial charge in [0.05, 0.1) is 5.75 Å². The molecule has 0 atom stereocenters. The number of aromatic amines is 1. The summed E-state index contributed by atoms with van der Waals surface area (Å²) in [5, 5.41) is 16.2. The zero-order chi connectivity index (χ0) is 12.3. The lowest BCUT2D eigenvalue weighted by Crippen LogP contribution is -2.07. The Balaban J connectivity index is 2.02. The lowest BCUT2D eigenvalue weighted by molar-refractivity contribution is 0.0661. The number of H-pyrrole nitrogens is 1. The Morgan fingerprint density at radius 3 is 3.00 bits per heavy atom. The normalized spacial score (nSPS) is 10.4. The van der Waals surface area contributed by atoms with E-state index < -0.39 is 5.97 Å². The van der Waals surface area contributed by atoms with Gasteiger partial charge in [-0.2, -0.15) is 5.10 Å². The van der Waals surface area contributed by atoms with Crippen molar-refractivity contribution in [3.63, 3.8) is 0 Å². The molecule has 0 amide bonds. The first kappa shape index (κ1) is 11.4. The Labute approximate surface area is 98.9 Å². The molecule has 2 N–H and O–H groups in total. The molecule has 88 valence electrons. The second-order valence-corrected chi connectivity index (χ2v) is 3.96. The summed E-state index contributed by atoms with van der Waals surface area (Å²) in [6.07, 6.45) is 1.07. The van der Waals surface area contributed by atoms with Crippen LogP contribution in [0.1, 0.15) is 16.3 Å². The first-order chi connectivity index (χ1) is 8.15. The van der Waals surface area contributed by atoms with Crippen LogP contribution in [-0.2, 0) is 5.75 Å². The summed E-state index contributed by atoms with van der Waals surface area (Å²) in [5.74, 6) is -0.386. The van der Waals surface area contributed by atoms with Crippen molar-refractivity contribution >= 4 is 17.7 Å². The first-order valence-corrected chi connectivity index (χ1v) is 5.50. The second-order valence-electron chi connectivity index (χ2n) is 3.00. The number of nitrogens with zero attached hydrogens (tertiary/aromatic N) is 2. The molecule has 2 rings (SSSR count). The first-order valence-electron chi connectivity index (χ1n) is 4.52. The molecular formula is C9H7N3O4S. The average Bonchev–Trinajstić information content (AvgIpc) is 2.75. The van der Waals surface area contributed by atoms with E-state index in [1.54, 1.807) is 6.07 Å². The molecule has 0 radical (unpaired) electrons. The third-order valence-electron chi connectivity index (χ3n) is 1.78. The summed E-state index contributed by atoms with van der Waals surface area (Å²) in [6, 6.07) is 2.93. The molecule has 0 fully saturated rings. The molecule has 0 saturated heterocycles. The highest BCUT2D eigenvalue weighted by atomic mass is 32.2. The number of hydrogen-bond acceptors (Lipinski definition) is 6. The van der Waals surface area contributed by atoms with Crippen molar-refractivity contribution in [1.82, 2.24) is 15.2 Å². The van der Waals surface area contributed by atoms with E-state index >= 15 is 0 Å². The predicted octanol–water partition coefficient (Wildman–Crippen LogP) is 0.748. The minimum Gasteiger partial charge on any atom is -0.475 e. The number of rotatable bonds is 4. The lowest BCUT2D eigenvalue weighted by Gasteiger charge is -1.96. The van der Waals surface area contributed by atoms with Gasteiger partial charge < -0.3 is 9.52 Å². The van der Waals surface area contributed by atoms with Crippen LogP contribution in [0.3, 0.4) is 0 Å². The number of carboxylic acids is 1. The van der Waals surface area contributed by atoms with Crippen LogP contribution in [0.15, 0.2) is 32.7 Å². The minimum atomic E-state index is -1.12. The SMILES string of the molecule is O=C(O)c1ccc(CSc2nncc(=O)[nH]2)o1. The largest absolute Gasteiger partial charge is 0.475 e. The van der Waals surface area contributed by atoms with Crippen LogP contribution in [0.4, 0.5) is 0 Å². The van der Waals surface area contributed by atoms with Crippen molar-refractivity contribution in [2.45, 2.75) is 10.9 Å². The van der Waals surface area contributed by atoms with Crippen LogP contribution in [0.25, 0.3) is 0 Å². The molecule has 0 unspecified atom stereocenters. The molecule has 0 spiro atoms. The third-order valence-corrected chi connectivity index (χ3v) is 2.66. The molecule has 17 heavy (non-hydrogen) atoms. The zero-order valence-electron chi connectivity index (χ0n) is 8.41. The van der Waals surface area contributed by atoms with Crippen LogP contribution in [-0.4, -0.2) is 26.3 Å². The summed E-state index contributed by atoms with van der Waals surface area (Å²) in [4.78, 5) is 24.0. The van der Waals surface area contributed by atoms with Gasteiger partial charge in [0, 0.05) is 0 Å². The Morgan fingerprint density at radius 1 is 1.53 bits per heavy atom. The maximum Gasteiger partial charge on any atom is 0.371 e. The molecule has 0 aliphatic rings. The molecule has 2 aromatic heterocycles. The van der Waals surface area contributed by atoms with Crippen molar-refractivity contribution in [3.05, 3.63) is 40.2 Å². The van der Waals surface area contributed by atoms with Crippen LogP contribution >= 0.6 is 11.8 Å². The number of furan rings is 1. The fraction of sp³-hybridized carbons (Fsp3) is 0.111. The van der Waals surface area contributed by atoms with E-state index in [1.165, 1.54) is 17.8 Å². The minimum absolute atomic E-state index is 0.117. The summed E-state index contributed by atoms with van der Waals surface area (Å²) in [7, 11) is 0. The second kappa shape index (κ2) is 4.83. The predicted molar refractivity (Wildman–Crippen MR) is 57.9 cm³/mol. The van der Waals surface area contributed by atoms with Crippen molar-refractivity contribution < 1.29 is 14.3 Å². The number of nitrogens with one attached hydrogen (secondary N) is 1. The quantitative estimate of drug-likeness (QED) is 0.773. The number of aromatic nitrogens is 3. The smallest absolute Gasteiger partial charge is 0.371 e. The fourth-order valence-electron chi connectivity index (χ4n) is 1.07. The molecule has 7 nitrogen and oxygen atoms in total. The fourth-order valence-corrected chi connectivity index (χ4v) is 1.78. The van der Waals surface area contributed by atoms with Crippen molar-refractivity contribution in [2.75, 3.05) is 0 Å². The van der Waals surface area contributed by atoms with Crippen LogP contribution in [0, 0.1) is 0 Å². The Morgan fingerprint density at radius 2 is 2.35 bits per heavy atom. The molecule has 8 heteroatoms. The molecule has 2 heterocycles. The van der Waals surface area contributed by atoms with E-state index in [1.807, 2.05) is 0 Å². The summed E-state index contributed by atoms with van der Waals surface area (Å²) in [5.41, 5.74) is -0.340. The van der Waals surface area contributed by atoms with Gasteiger partial charge in [0.2, 0.25) is 5.76 Å². The number of carbonyl (C=O) groups is 1. The molecule has 0 saturated carbocycles. The highest BCUT2D eigenvalue weighted by Crippen LogP contribution is 2.19. The van der Waals surface area contributed by atoms with E-state index in [0.717, 1.165) is 6.20 Å². The van der Waals surface area contributed by atoms with Crippen LogP contribution in [0.2, 0.25) is 0 Å². The van der Waals surface area contributed by atoms with E-state index in [9.17, 15) is 9.59 Å². The molecule has 0 aliphatic carbocycles. The average molecular weight is 253 g/mol. The van der Waals surface area contributed by atoms with E-state index in [0.29, 0.717) is 16.7 Å². The Bertz CT molecular complexity index is 592. The van der Waals surface area contributed by atoms with Gasteiger partial charge in [0.15, 0.2) is 5.16 Å². The molecule has 0 aromatic carbocycles. The maximum atomic E-state index is 10.9. The van der Waals surface area contributed by atoms with Crippen molar-refractivity contribution in [2.24, 2.45) is 0 Å². The van der Waals surface area contributed by atoms with E-state index in [4.69, 9.17) is 9.52 Å².